The van der Waals surface area contributed by atoms with Gasteiger partial charge in [-0.15, -0.1) is 0 Å². The van der Waals surface area contributed by atoms with E-state index >= 15 is 0 Å². The highest BCUT2D eigenvalue weighted by atomic mass is 16.7. The van der Waals surface area contributed by atoms with Gasteiger partial charge in [0.05, 0.1) is 22.2 Å². The normalized spacial score (nSPS) is 19.4. The van der Waals surface area contributed by atoms with E-state index in [2.05, 4.69) is 0 Å². The van der Waals surface area contributed by atoms with Crippen molar-refractivity contribution in [1.29, 1.82) is 0 Å². The summed E-state index contributed by atoms with van der Waals surface area (Å²) >= 11 is 0. The van der Waals surface area contributed by atoms with Gasteiger partial charge in [-0.1, -0.05) is 84.8 Å². The molecule has 0 saturated carbocycles. The summed E-state index contributed by atoms with van der Waals surface area (Å²) in [5, 5.41) is 3.30. The molecule has 1 saturated heterocycles. The molecule has 6 aromatic carbocycles. The average Bonchev–Trinajstić information content (AvgIpc) is 3.51. The summed E-state index contributed by atoms with van der Waals surface area (Å²) < 4.78 is 88.7. The second-order valence-electron chi connectivity index (χ2n) is 11.4. The Balaban J connectivity index is 1.43. The third-order valence-electron chi connectivity index (χ3n) is 8.50. The quantitative estimate of drug-likeness (QED) is 0.166. The van der Waals surface area contributed by atoms with Gasteiger partial charge >= 0.3 is 7.12 Å². The Labute approximate surface area is 244 Å². The zero-order valence-corrected chi connectivity index (χ0v) is 22.5. The second kappa shape index (κ2) is 8.20. The molecule has 0 bridgehead atoms. The highest BCUT2D eigenvalue weighted by Gasteiger charge is 2.51. The van der Waals surface area contributed by atoms with Crippen molar-refractivity contribution in [2.45, 2.75) is 38.9 Å². The Bertz CT molecular complexity index is 2560. The second-order valence-corrected chi connectivity index (χ2v) is 11.4. The summed E-state index contributed by atoms with van der Waals surface area (Å²) in [5.74, 6) is 0. The molecule has 0 N–H and O–H groups in total. The Morgan fingerprint density at radius 3 is 2.02 bits per heavy atom. The van der Waals surface area contributed by atoms with E-state index in [0.29, 0.717) is 43.8 Å². The van der Waals surface area contributed by atoms with E-state index in [1.807, 2.05) is 64.1 Å². The summed E-state index contributed by atoms with van der Waals surface area (Å²) in [6, 6.07) is 14.1. The van der Waals surface area contributed by atoms with E-state index < -0.39 is 18.3 Å². The van der Waals surface area contributed by atoms with Crippen LogP contribution in [0.1, 0.15) is 38.7 Å². The van der Waals surface area contributed by atoms with Gasteiger partial charge in [-0.05, 0) is 94.8 Å². The number of hydrogen-bond acceptors (Lipinski definition) is 3. The number of hydrogen-bond donors (Lipinski definition) is 0. The maximum Gasteiger partial charge on any atom is 0.494 e. The summed E-state index contributed by atoms with van der Waals surface area (Å²) in [7, 11) is -0.581. The van der Waals surface area contributed by atoms with Crippen molar-refractivity contribution >= 4 is 66.8 Å². The minimum Gasteiger partial charge on any atom is -0.456 e. The first-order valence-corrected chi connectivity index (χ1v) is 13.3. The van der Waals surface area contributed by atoms with Crippen LogP contribution < -0.4 is 5.46 Å². The minimum absolute atomic E-state index is 0.0235. The van der Waals surface area contributed by atoms with Crippen LogP contribution in [0.2, 0.25) is 0 Å². The first-order valence-electron chi connectivity index (χ1n) is 17.3. The SMILES string of the molecule is [2H]c1cc2c3cc([2H])c(-c4cccc5oc6cc(B7OC(C)(C)C(C)(C)O7)ccc6c45)c([2H])c3c3cc([2H])c([2H])c([2H])c3c2c([2H])c1[2H]. The van der Waals surface area contributed by atoms with E-state index in [1.165, 1.54) is 12.1 Å². The molecule has 0 radical (unpaired) electrons. The number of rotatable bonds is 2. The van der Waals surface area contributed by atoms with Crippen LogP contribution in [0.25, 0.3) is 65.4 Å². The topological polar surface area (TPSA) is 31.6 Å². The number of furan rings is 1. The molecule has 1 aromatic heterocycles. The molecule has 2 heterocycles. The highest BCUT2D eigenvalue weighted by molar-refractivity contribution is 6.62. The lowest BCUT2D eigenvalue weighted by Crippen LogP contribution is -2.41. The molecule has 0 spiro atoms. The van der Waals surface area contributed by atoms with E-state index in [1.54, 1.807) is 6.07 Å². The summed E-state index contributed by atoms with van der Waals surface area (Å²) in [5.41, 5.74) is 1.86. The zero-order chi connectivity index (χ0) is 34.2. The van der Waals surface area contributed by atoms with Crippen LogP contribution >= 0.6 is 0 Å². The fraction of sp³-hybridized carbons (Fsp3) is 0.167. The Kier molecular flexibility index (Phi) is 3.46. The van der Waals surface area contributed by atoms with Crippen molar-refractivity contribution in [1.82, 2.24) is 0 Å². The van der Waals surface area contributed by atoms with Crippen molar-refractivity contribution in [3.05, 3.63) is 103 Å². The molecule has 194 valence electrons. The van der Waals surface area contributed by atoms with Crippen LogP contribution in [0, 0.1) is 0 Å². The van der Waals surface area contributed by atoms with Gasteiger partial charge in [0.2, 0.25) is 0 Å². The number of fused-ring (bicyclic) bond motifs is 9. The molecule has 0 amide bonds. The van der Waals surface area contributed by atoms with Gasteiger partial charge in [-0.3, -0.25) is 0 Å². The summed E-state index contributed by atoms with van der Waals surface area (Å²) in [6.45, 7) is 7.99. The van der Waals surface area contributed by atoms with E-state index in [-0.39, 0.29) is 59.1 Å². The summed E-state index contributed by atoms with van der Waals surface area (Å²) in [6.07, 6.45) is 0. The van der Waals surface area contributed by atoms with Gasteiger partial charge in [0.25, 0.3) is 0 Å². The van der Waals surface area contributed by atoms with Crippen molar-refractivity contribution < 1.29 is 24.7 Å². The molecule has 1 fully saturated rings. The van der Waals surface area contributed by atoms with Crippen LogP contribution in [-0.4, -0.2) is 18.3 Å². The molecule has 0 aliphatic carbocycles. The Morgan fingerprint density at radius 2 is 1.30 bits per heavy atom. The Hall–Kier alpha value is -4.12. The van der Waals surface area contributed by atoms with Crippen molar-refractivity contribution in [3.8, 4) is 11.1 Å². The number of benzene rings is 6. The van der Waals surface area contributed by atoms with Crippen molar-refractivity contribution in [3.63, 3.8) is 0 Å². The fourth-order valence-electron chi connectivity index (χ4n) is 5.69. The molecular formula is C36H29BO3. The van der Waals surface area contributed by atoms with Gasteiger partial charge in [-0.25, -0.2) is 0 Å². The van der Waals surface area contributed by atoms with Crippen LogP contribution in [0.3, 0.4) is 0 Å². The predicted octanol–water partition coefficient (Wildman–Crippen LogP) is 9.01. The lowest BCUT2D eigenvalue weighted by atomic mass is 9.79. The molecule has 7 aromatic rings. The highest BCUT2D eigenvalue weighted by Crippen LogP contribution is 2.41. The smallest absolute Gasteiger partial charge is 0.456 e. The first-order chi connectivity index (χ1) is 22.6. The van der Waals surface area contributed by atoms with Crippen LogP contribution in [0.15, 0.2) is 107 Å². The van der Waals surface area contributed by atoms with Crippen LogP contribution in [-0.2, 0) is 9.31 Å². The predicted molar refractivity (Wildman–Crippen MR) is 167 cm³/mol. The largest absolute Gasteiger partial charge is 0.494 e. The van der Waals surface area contributed by atoms with Gasteiger partial charge in [0, 0.05) is 10.8 Å². The fourth-order valence-corrected chi connectivity index (χ4v) is 5.69. The minimum atomic E-state index is -0.581. The van der Waals surface area contributed by atoms with E-state index in [0.717, 1.165) is 16.2 Å². The van der Waals surface area contributed by atoms with Crippen molar-refractivity contribution in [2.24, 2.45) is 0 Å². The van der Waals surface area contributed by atoms with Crippen LogP contribution in [0.4, 0.5) is 0 Å². The van der Waals surface area contributed by atoms with Gasteiger partial charge in [0.1, 0.15) is 11.2 Å². The molecular weight excluding hydrogens is 491 g/mol. The summed E-state index contributed by atoms with van der Waals surface area (Å²) in [4.78, 5) is 0. The molecule has 8 rings (SSSR count). The van der Waals surface area contributed by atoms with Gasteiger partial charge in [0.15, 0.2) is 0 Å². The molecule has 0 atom stereocenters. The lowest BCUT2D eigenvalue weighted by molar-refractivity contribution is 0.00578. The lowest BCUT2D eigenvalue weighted by Gasteiger charge is -2.32. The maximum atomic E-state index is 9.59. The molecule has 40 heavy (non-hydrogen) atoms. The van der Waals surface area contributed by atoms with E-state index in [9.17, 15) is 2.74 Å². The van der Waals surface area contributed by atoms with E-state index in [4.69, 9.17) is 22.0 Å². The molecule has 4 heteroatoms. The van der Waals surface area contributed by atoms with Crippen molar-refractivity contribution in [2.75, 3.05) is 0 Å². The Morgan fingerprint density at radius 1 is 0.625 bits per heavy atom. The third kappa shape index (κ3) is 3.33. The van der Waals surface area contributed by atoms with Crippen LogP contribution in [0.5, 0.6) is 0 Å². The first kappa shape index (κ1) is 16.9. The van der Waals surface area contributed by atoms with Gasteiger partial charge < -0.3 is 13.7 Å². The maximum absolute atomic E-state index is 9.59. The third-order valence-corrected chi connectivity index (χ3v) is 8.50. The van der Waals surface area contributed by atoms with Gasteiger partial charge in [-0.2, -0.15) is 0 Å². The monoisotopic (exact) mass is 528 g/mol. The zero-order valence-electron chi connectivity index (χ0n) is 30.5. The molecule has 3 nitrogen and oxygen atoms in total. The molecule has 1 aliphatic rings. The molecule has 0 unspecified atom stereocenters. The molecule has 1 aliphatic heterocycles. The average molecular weight is 528 g/mol. The standard InChI is InChI=1S/C36H29BO3/c1-35(2)36(3,4)40-37(39-35)23-17-19-30-33(21-23)38-32-15-9-14-24(34(30)32)22-16-18-29-27-12-6-5-10-25(27)26-11-7-8-13-28(26)31(29)20-22/h5-21H,1-4H3/i5D,6D,7D,8D,10D,11D,16D,20D.